The lowest BCUT2D eigenvalue weighted by atomic mass is 10.0. The van der Waals surface area contributed by atoms with Gasteiger partial charge in [-0.1, -0.05) is 5.92 Å². The lowest BCUT2D eigenvalue weighted by Crippen LogP contribution is -2.31. The van der Waals surface area contributed by atoms with E-state index in [2.05, 4.69) is 21.5 Å². The maximum absolute atomic E-state index is 12.9. The highest BCUT2D eigenvalue weighted by Gasteiger charge is 2.28. The molecule has 0 radical (unpaired) electrons. The Kier molecular flexibility index (Phi) is 5.52. The molecule has 134 valence electrons. The normalized spacial score (nSPS) is 10.1. The first-order valence-electron chi connectivity index (χ1n) is 7.62. The van der Waals surface area contributed by atoms with Crippen LogP contribution in [0.25, 0.3) is 0 Å². The summed E-state index contributed by atoms with van der Waals surface area (Å²) in [6.07, 6.45) is 6.24. The smallest absolute Gasteiger partial charge is 0.293 e. The first-order valence-corrected chi connectivity index (χ1v) is 7.62. The predicted octanol–water partition coefficient (Wildman–Crippen LogP) is 1.36. The second-order valence-corrected chi connectivity index (χ2v) is 5.53. The molecular weight excluding hydrogens is 339 g/mol. The third-order valence-electron chi connectivity index (χ3n) is 3.92. The number of halogens is 1. The number of terminal acetylenes is 1. The molecule has 0 saturated heterocycles. The van der Waals surface area contributed by atoms with Crippen LogP contribution < -0.4 is 10.6 Å². The molecule has 0 aliphatic heterocycles. The van der Waals surface area contributed by atoms with Gasteiger partial charge in [-0.25, -0.2) is 4.98 Å². The molecule has 0 fully saturated rings. The maximum atomic E-state index is 12.9. The van der Waals surface area contributed by atoms with Gasteiger partial charge in [-0.15, -0.1) is 6.42 Å². The van der Waals surface area contributed by atoms with Crippen LogP contribution in [0.4, 0.5) is 10.1 Å². The molecule has 2 rings (SSSR count). The number of rotatable bonds is 5. The molecule has 0 bridgehead atoms. The number of hydrogen-bond acceptors (Lipinski definition) is 4. The van der Waals surface area contributed by atoms with E-state index in [0.29, 0.717) is 16.9 Å². The van der Waals surface area contributed by atoms with Gasteiger partial charge in [0.2, 0.25) is 5.95 Å². The Hall–Kier alpha value is -3.47. The molecule has 0 atom stereocenters. The van der Waals surface area contributed by atoms with Gasteiger partial charge in [0.25, 0.3) is 17.6 Å². The first kappa shape index (κ1) is 18.9. The molecular formula is C18H17FN4O3. The van der Waals surface area contributed by atoms with Crippen LogP contribution in [0.5, 0.6) is 0 Å². The lowest BCUT2D eigenvalue weighted by molar-refractivity contribution is -0.116. The van der Waals surface area contributed by atoms with Gasteiger partial charge in [0.15, 0.2) is 0 Å². The summed E-state index contributed by atoms with van der Waals surface area (Å²) in [4.78, 5) is 40.4. The van der Waals surface area contributed by atoms with Crippen molar-refractivity contribution in [3.05, 3.63) is 46.8 Å². The third kappa shape index (κ3) is 3.62. The molecule has 7 nitrogen and oxygen atoms in total. The molecule has 2 N–H and O–H groups in total. The molecule has 0 unspecified atom stereocenters. The van der Waals surface area contributed by atoms with Crippen molar-refractivity contribution >= 4 is 23.3 Å². The second kappa shape index (κ2) is 7.61. The molecule has 2 heterocycles. The van der Waals surface area contributed by atoms with Crippen LogP contribution in [-0.2, 0) is 11.8 Å². The minimum Gasteiger partial charge on any atom is -0.343 e. The zero-order chi connectivity index (χ0) is 19.4. The third-order valence-corrected chi connectivity index (χ3v) is 3.92. The van der Waals surface area contributed by atoms with Crippen molar-refractivity contribution in [2.24, 2.45) is 7.05 Å². The number of carbonyl (C=O) groups excluding carboxylic acids is 3. The van der Waals surface area contributed by atoms with E-state index in [9.17, 15) is 18.8 Å². The van der Waals surface area contributed by atoms with E-state index < -0.39 is 23.5 Å². The fraction of sp³-hybridized carbons (Fsp3) is 0.222. The average molecular weight is 356 g/mol. The molecule has 2 amide bonds. The van der Waals surface area contributed by atoms with Crippen LogP contribution in [0.3, 0.4) is 0 Å². The number of anilines is 1. The van der Waals surface area contributed by atoms with Crippen molar-refractivity contribution in [3.8, 4) is 12.3 Å². The number of nitrogens with one attached hydrogen (secondary N) is 2. The Morgan fingerprint density at radius 1 is 1.31 bits per heavy atom. The van der Waals surface area contributed by atoms with Gasteiger partial charge < -0.3 is 15.2 Å². The molecule has 26 heavy (non-hydrogen) atoms. The fourth-order valence-corrected chi connectivity index (χ4v) is 2.60. The van der Waals surface area contributed by atoms with Crippen LogP contribution in [0.15, 0.2) is 18.3 Å². The number of Topliss-reactive ketones (excluding diaryl/α,β-unsaturated/α-hetero) is 1. The molecule has 0 spiro atoms. The molecule has 0 saturated carbocycles. The van der Waals surface area contributed by atoms with E-state index >= 15 is 0 Å². The summed E-state index contributed by atoms with van der Waals surface area (Å²) < 4.78 is 14.4. The van der Waals surface area contributed by atoms with Gasteiger partial charge in [0.05, 0.1) is 24.0 Å². The second-order valence-electron chi connectivity index (χ2n) is 5.53. The van der Waals surface area contributed by atoms with E-state index in [4.69, 9.17) is 6.42 Å². The van der Waals surface area contributed by atoms with Crippen molar-refractivity contribution in [1.29, 1.82) is 0 Å². The monoisotopic (exact) mass is 356 g/mol. The van der Waals surface area contributed by atoms with Crippen LogP contribution in [-0.4, -0.2) is 33.7 Å². The number of carbonyl (C=O) groups is 3. The summed E-state index contributed by atoms with van der Waals surface area (Å²) in [7, 11) is 1.61. The van der Waals surface area contributed by atoms with Crippen molar-refractivity contribution in [3.63, 3.8) is 0 Å². The van der Waals surface area contributed by atoms with E-state index in [0.717, 1.165) is 6.07 Å². The summed E-state index contributed by atoms with van der Waals surface area (Å²) in [6, 6.07) is 2.48. The molecule has 2 aromatic rings. The topological polar surface area (TPSA) is 93.1 Å². The highest BCUT2D eigenvalue weighted by molar-refractivity contribution is 6.43. The van der Waals surface area contributed by atoms with Crippen LogP contribution in [0.2, 0.25) is 0 Å². The number of pyridine rings is 1. The van der Waals surface area contributed by atoms with E-state index in [1.54, 1.807) is 20.9 Å². The van der Waals surface area contributed by atoms with Crippen molar-refractivity contribution < 1.29 is 18.8 Å². The molecule has 2 aromatic heterocycles. The summed E-state index contributed by atoms with van der Waals surface area (Å²) in [5, 5.41) is 4.89. The zero-order valence-electron chi connectivity index (χ0n) is 14.5. The van der Waals surface area contributed by atoms with Gasteiger partial charge in [0, 0.05) is 12.7 Å². The summed E-state index contributed by atoms with van der Waals surface area (Å²) >= 11 is 0. The van der Waals surface area contributed by atoms with Gasteiger partial charge in [0.1, 0.15) is 5.69 Å². The standard InChI is InChI=1S/C18H17FN4O3/c1-5-8-20-18(26)16(24)14-10(2)15(23(4)11(14)3)17(25)22-12-6-7-13(19)21-9-12/h1,6-7,9H,8H2,2-4H3,(H,20,26)(H,22,25). The average Bonchev–Trinajstić information content (AvgIpc) is 2.83. The predicted molar refractivity (Wildman–Crippen MR) is 93.2 cm³/mol. The largest absolute Gasteiger partial charge is 0.343 e. The Morgan fingerprint density at radius 2 is 2.00 bits per heavy atom. The summed E-state index contributed by atoms with van der Waals surface area (Å²) in [5.41, 5.74) is 1.47. The number of ketones is 1. The first-order chi connectivity index (χ1) is 12.3. The quantitative estimate of drug-likeness (QED) is 0.366. The summed E-state index contributed by atoms with van der Waals surface area (Å²) in [5.74, 6) is -0.571. The van der Waals surface area contributed by atoms with Gasteiger partial charge in [-0.2, -0.15) is 4.39 Å². The van der Waals surface area contributed by atoms with Crippen LogP contribution in [0.1, 0.15) is 32.1 Å². The van der Waals surface area contributed by atoms with Gasteiger partial charge in [-0.3, -0.25) is 14.4 Å². The Balaban J connectivity index is 2.34. The number of nitrogens with zero attached hydrogens (tertiary/aromatic N) is 2. The highest BCUT2D eigenvalue weighted by Crippen LogP contribution is 2.23. The maximum Gasteiger partial charge on any atom is 0.293 e. The molecule has 0 aromatic carbocycles. The van der Waals surface area contributed by atoms with Crippen LogP contribution in [0, 0.1) is 32.1 Å². The molecule has 0 aliphatic rings. The molecule has 8 heteroatoms. The highest BCUT2D eigenvalue weighted by atomic mass is 19.1. The Bertz CT molecular complexity index is 923. The summed E-state index contributed by atoms with van der Waals surface area (Å²) in [6.45, 7) is 3.14. The minimum absolute atomic E-state index is 0.0690. The number of amides is 2. The van der Waals surface area contributed by atoms with Crippen molar-refractivity contribution in [2.75, 3.05) is 11.9 Å². The minimum atomic E-state index is -0.838. The van der Waals surface area contributed by atoms with E-state index in [-0.39, 0.29) is 17.8 Å². The SMILES string of the molecule is C#CCNC(=O)C(=O)c1c(C)c(C(=O)Nc2ccc(F)nc2)n(C)c1C. The van der Waals surface area contributed by atoms with Gasteiger partial charge in [-0.05, 0) is 31.5 Å². The van der Waals surface area contributed by atoms with Crippen LogP contribution >= 0.6 is 0 Å². The fourth-order valence-electron chi connectivity index (χ4n) is 2.60. The van der Waals surface area contributed by atoms with Crippen molar-refractivity contribution in [2.45, 2.75) is 13.8 Å². The van der Waals surface area contributed by atoms with E-state index in [1.165, 1.54) is 16.8 Å². The van der Waals surface area contributed by atoms with Gasteiger partial charge >= 0.3 is 0 Å². The van der Waals surface area contributed by atoms with Crippen molar-refractivity contribution in [1.82, 2.24) is 14.9 Å². The van der Waals surface area contributed by atoms with E-state index in [1.807, 2.05) is 0 Å². The zero-order valence-corrected chi connectivity index (χ0v) is 14.5. The number of hydrogen-bond donors (Lipinski definition) is 2. The Morgan fingerprint density at radius 3 is 2.58 bits per heavy atom. The Labute approximate surface area is 149 Å². The lowest BCUT2D eigenvalue weighted by Gasteiger charge is -2.07. The molecule has 0 aliphatic carbocycles. The number of aromatic nitrogens is 2.